The Kier molecular flexibility index (Phi) is 4.54. The Balaban J connectivity index is 1.39. The van der Waals surface area contributed by atoms with Crippen molar-refractivity contribution < 1.29 is 23.9 Å². The van der Waals surface area contributed by atoms with Crippen LogP contribution in [0.3, 0.4) is 0 Å². The van der Waals surface area contributed by atoms with E-state index in [2.05, 4.69) is 10.6 Å². The first-order chi connectivity index (χ1) is 13.8. The van der Waals surface area contributed by atoms with Crippen LogP contribution in [0.25, 0.3) is 0 Å². The average Bonchev–Trinajstić information content (AvgIpc) is 2.91. The molecule has 0 saturated heterocycles. The first-order valence-electron chi connectivity index (χ1n) is 9.22. The number of nitrogens with one attached hydrogen (secondary N) is 2. The van der Waals surface area contributed by atoms with E-state index in [0.29, 0.717) is 28.3 Å². The van der Waals surface area contributed by atoms with E-state index in [1.165, 1.54) is 0 Å². The molecule has 29 heavy (non-hydrogen) atoms. The maximum Gasteiger partial charge on any atom is 0.265 e. The summed E-state index contributed by atoms with van der Waals surface area (Å²) in [6.45, 7) is 3.48. The molecule has 0 fully saturated rings. The quantitative estimate of drug-likeness (QED) is 0.776. The molecule has 0 aromatic heterocycles. The monoisotopic (exact) mass is 393 g/mol. The highest BCUT2D eigenvalue weighted by molar-refractivity contribution is 6.21. The summed E-state index contributed by atoms with van der Waals surface area (Å²) < 4.78 is 5.48. The van der Waals surface area contributed by atoms with Crippen LogP contribution in [-0.4, -0.2) is 41.2 Å². The van der Waals surface area contributed by atoms with Gasteiger partial charge in [-0.05, 0) is 44.2 Å². The smallest absolute Gasteiger partial charge is 0.265 e. The predicted molar refractivity (Wildman–Crippen MR) is 105 cm³/mol. The Labute approximate surface area is 166 Å². The maximum atomic E-state index is 12.5. The molecular formula is C21H19N3O5. The van der Waals surface area contributed by atoms with Gasteiger partial charge in [0.05, 0.1) is 16.8 Å². The minimum atomic E-state index is -0.577. The summed E-state index contributed by atoms with van der Waals surface area (Å²) in [5, 5.41) is 5.42. The first kappa shape index (κ1) is 18.7. The molecule has 4 amide bonds. The Morgan fingerprint density at radius 2 is 1.86 bits per heavy atom. The fraction of sp³-hybridized carbons (Fsp3) is 0.238. The molecule has 0 bridgehead atoms. The van der Waals surface area contributed by atoms with Gasteiger partial charge in [-0.25, -0.2) is 0 Å². The number of aryl methyl sites for hydroxylation is 1. The topological polar surface area (TPSA) is 105 Å². The van der Waals surface area contributed by atoms with Crippen LogP contribution < -0.4 is 15.4 Å². The molecule has 2 N–H and O–H groups in total. The van der Waals surface area contributed by atoms with Crippen molar-refractivity contribution in [1.29, 1.82) is 0 Å². The zero-order chi connectivity index (χ0) is 20.7. The molecule has 2 aliphatic heterocycles. The number of hydrogen-bond donors (Lipinski definition) is 2. The summed E-state index contributed by atoms with van der Waals surface area (Å²) >= 11 is 0. The number of amides is 4. The number of hydrogen-bond acceptors (Lipinski definition) is 5. The number of carbonyl (C=O) groups is 4. The van der Waals surface area contributed by atoms with Crippen LogP contribution in [0.4, 0.5) is 11.4 Å². The van der Waals surface area contributed by atoms with Crippen LogP contribution in [0.15, 0.2) is 36.4 Å². The van der Waals surface area contributed by atoms with Gasteiger partial charge in [-0.15, -0.1) is 0 Å². The largest absolute Gasteiger partial charge is 0.479 e. The van der Waals surface area contributed by atoms with E-state index < -0.39 is 6.10 Å². The Morgan fingerprint density at radius 1 is 1.10 bits per heavy atom. The van der Waals surface area contributed by atoms with Gasteiger partial charge in [0.2, 0.25) is 5.91 Å². The molecular weight excluding hydrogens is 374 g/mol. The van der Waals surface area contributed by atoms with Crippen LogP contribution in [0.1, 0.15) is 39.6 Å². The Bertz CT molecular complexity index is 1060. The van der Waals surface area contributed by atoms with Crippen LogP contribution in [0.2, 0.25) is 0 Å². The molecule has 0 radical (unpaired) electrons. The van der Waals surface area contributed by atoms with Gasteiger partial charge >= 0.3 is 0 Å². The first-order valence-corrected chi connectivity index (χ1v) is 9.22. The van der Waals surface area contributed by atoms with E-state index in [-0.39, 0.29) is 36.6 Å². The van der Waals surface area contributed by atoms with E-state index in [1.807, 2.05) is 6.92 Å². The van der Waals surface area contributed by atoms with Crippen molar-refractivity contribution in [3.63, 3.8) is 0 Å². The van der Waals surface area contributed by atoms with Crippen molar-refractivity contribution in [3.05, 3.63) is 53.1 Å². The third kappa shape index (κ3) is 3.44. The third-order valence-electron chi connectivity index (χ3n) is 4.88. The zero-order valence-corrected chi connectivity index (χ0v) is 15.9. The number of ether oxygens (including phenoxy) is 1. The lowest BCUT2D eigenvalue weighted by atomic mass is 10.1. The molecule has 0 aliphatic carbocycles. The number of fused-ring (bicyclic) bond motifs is 2. The minimum absolute atomic E-state index is 0.0144. The molecule has 4 rings (SSSR count). The molecule has 0 spiro atoms. The van der Waals surface area contributed by atoms with E-state index in [9.17, 15) is 19.2 Å². The highest BCUT2D eigenvalue weighted by atomic mass is 16.5. The Hall–Kier alpha value is -3.68. The average molecular weight is 393 g/mol. The number of anilines is 2. The lowest BCUT2D eigenvalue weighted by molar-refractivity contribution is -0.122. The van der Waals surface area contributed by atoms with Crippen molar-refractivity contribution in [1.82, 2.24) is 4.90 Å². The zero-order valence-electron chi connectivity index (χ0n) is 15.9. The van der Waals surface area contributed by atoms with Gasteiger partial charge < -0.3 is 15.4 Å². The lowest BCUT2D eigenvalue weighted by Crippen LogP contribution is -2.34. The molecule has 0 saturated carbocycles. The van der Waals surface area contributed by atoms with Gasteiger partial charge in [0.1, 0.15) is 5.75 Å². The second-order valence-electron chi connectivity index (χ2n) is 7.07. The van der Waals surface area contributed by atoms with E-state index in [4.69, 9.17) is 4.74 Å². The summed E-state index contributed by atoms with van der Waals surface area (Å²) in [4.78, 5) is 50.0. The van der Waals surface area contributed by atoms with Crippen molar-refractivity contribution in [2.45, 2.75) is 26.4 Å². The molecule has 2 aliphatic rings. The maximum absolute atomic E-state index is 12.5. The third-order valence-corrected chi connectivity index (χ3v) is 4.88. The van der Waals surface area contributed by atoms with E-state index in [0.717, 1.165) is 10.5 Å². The summed E-state index contributed by atoms with van der Waals surface area (Å²) in [5.74, 6) is -0.864. The molecule has 1 atom stereocenters. The number of benzene rings is 2. The van der Waals surface area contributed by atoms with Gasteiger partial charge in [0.15, 0.2) is 6.10 Å². The summed E-state index contributed by atoms with van der Waals surface area (Å²) in [6.07, 6.45) is -0.618. The van der Waals surface area contributed by atoms with Crippen LogP contribution in [0, 0.1) is 6.92 Å². The fourth-order valence-electron chi connectivity index (χ4n) is 3.33. The number of rotatable bonds is 4. The second-order valence-corrected chi connectivity index (χ2v) is 7.07. The summed E-state index contributed by atoms with van der Waals surface area (Å²) in [6, 6.07) is 10.0. The SMILES string of the molecule is Cc1ccc2c(c1)C(=O)N(CCC(=O)Nc1ccc3c(c1)NC(=O)[C@@H](C)O3)C2=O. The number of nitrogens with zero attached hydrogens (tertiary/aromatic N) is 1. The highest BCUT2D eigenvalue weighted by Gasteiger charge is 2.35. The van der Waals surface area contributed by atoms with Crippen molar-refractivity contribution in [2.24, 2.45) is 0 Å². The second kappa shape index (κ2) is 7.05. The standard InChI is InChI=1S/C21H19N3O5/c1-11-3-5-14-15(9-11)21(28)24(20(14)27)8-7-18(25)22-13-4-6-17-16(10-13)23-19(26)12(2)29-17/h3-6,9-10,12H,7-8H2,1-2H3,(H,22,25)(H,23,26)/t12-/m1/s1. The van der Waals surface area contributed by atoms with E-state index in [1.54, 1.807) is 43.3 Å². The van der Waals surface area contributed by atoms with Crippen molar-refractivity contribution in [2.75, 3.05) is 17.2 Å². The Morgan fingerprint density at radius 3 is 2.66 bits per heavy atom. The van der Waals surface area contributed by atoms with E-state index >= 15 is 0 Å². The molecule has 0 unspecified atom stereocenters. The molecule has 148 valence electrons. The molecule has 2 aromatic carbocycles. The van der Waals surface area contributed by atoms with Gasteiger partial charge in [-0.2, -0.15) is 0 Å². The van der Waals surface area contributed by atoms with Crippen LogP contribution in [-0.2, 0) is 9.59 Å². The minimum Gasteiger partial charge on any atom is -0.479 e. The van der Waals surface area contributed by atoms with Crippen molar-refractivity contribution >= 4 is 35.0 Å². The normalized spacial score (nSPS) is 17.4. The molecule has 2 heterocycles. The van der Waals surface area contributed by atoms with Gasteiger partial charge in [-0.1, -0.05) is 11.6 Å². The molecule has 8 nitrogen and oxygen atoms in total. The van der Waals surface area contributed by atoms with Crippen molar-refractivity contribution in [3.8, 4) is 5.75 Å². The van der Waals surface area contributed by atoms with Crippen LogP contribution >= 0.6 is 0 Å². The van der Waals surface area contributed by atoms with Gasteiger partial charge in [0, 0.05) is 18.7 Å². The summed E-state index contributed by atoms with van der Waals surface area (Å²) in [7, 11) is 0. The van der Waals surface area contributed by atoms with Crippen LogP contribution in [0.5, 0.6) is 5.75 Å². The number of carbonyl (C=O) groups excluding carboxylic acids is 4. The summed E-state index contributed by atoms with van der Waals surface area (Å²) in [5.41, 5.74) is 2.57. The molecule has 2 aromatic rings. The lowest BCUT2D eigenvalue weighted by Gasteiger charge is -2.23. The highest BCUT2D eigenvalue weighted by Crippen LogP contribution is 2.32. The van der Waals surface area contributed by atoms with Gasteiger partial charge in [0.25, 0.3) is 17.7 Å². The van der Waals surface area contributed by atoms with Gasteiger partial charge in [-0.3, -0.25) is 24.1 Å². The predicted octanol–water partition coefficient (Wildman–Crippen LogP) is 2.34. The fourth-order valence-corrected chi connectivity index (χ4v) is 3.33. The molecule has 8 heteroatoms. The number of imide groups is 1.